The van der Waals surface area contributed by atoms with Crippen LogP contribution in [0.4, 0.5) is 5.69 Å². The molecule has 2 aromatic rings. The maximum atomic E-state index is 13.0. The molecule has 0 saturated carbocycles. The molecule has 25 heavy (non-hydrogen) atoms. The van der Waals surface area contributed by atoms with Crippen LogP contribution in [0.15, 0.2) is 48.5 Å². The van der Waals surface area contributed by atoms with Crippen molar-refractivity contribution in [3.63, 3.8) is 0 Å². The molecular weight excluding hydrogens is 312 g/mol. The largest absolute Gasteiger partial charge is 0.491 e. The van der Waals surface area contributed by atoms with Crippen molar-refractivity contribution in [2.75, 3.05) is 11.9 Å². The van der Waals surface area contributed by atoms with Crippen molar-refractivity contribution in [2.45, 2.75) is 45.9 Å². The number of para-hydroxylation sites is 1. The van der Waals surface area contributed by atoms with Crippen LogP contribution in [-0.4, -0.2) is 23.5 Å². The molecule has 2 unspecified atom stereocenters. The van der Waals surface area contributed by atoms with E-state index in [1.807, 2.05) is 53.4 Å². The summed E-state index contributed by atoms with van der Waals surface area (Å²) in [5.74, 6) is 0.922. The van der Waals surface area contributed by atoms with Gasteiger partial charge in [-0.3, -0.25) is 4.79 Å². The summed E-state index contributed by atoms with van der Waals surface area (Å²) in [7, 11) is 0. The Labute approximate surface area is 149 Å². The number of amides is 1. The van der Waals surface area contributed by atoms with Crippen LogP contribution in [0.3, 0.4) is 0 Å². The van der Waals surface area contributed by atoms with Crippen LogP contribution in [0.1, 0.15) is 55.7 Å². The first kappa shape index (κ1) is 17.3. The number of rotatable bonds is 6. The van der Waals surface area contributed by atoms with E-state index in [1.165, 1.54) is 0 Å². The molecule has 3 rings (SSSR count). The Bertz CT molecular complexity index is 744. The number of benzene rings is 2. The summed E-state index contributed by atoms with van der Waals surface area (Å²) < 4.78 is 5.96. The molecule has 132 valence electrons. The standard InChI is InChI=1S/C21H26N2O2/c1-4-13-23-20(22-19-12-7-6-11-18(19)21(23)24)16-9-8-10-17(14-16)25-15(3)5-2/h6-12,14-15,20,22H,4-5,13H2,1-3H3. The molecule has 0 aromatic heterocycles. The summed E-state index contributed by atoms with van der Waals surface area (Å²) in [6.45, 7) is 6.97. The molecule has 0 bridgehead atoms. The second-order valence-corrected chi connectivity index (χ2v) is 6.50. The third-order valence-corrected chi connectivity index (χ3v) is 4.57. The van der Waals surface area contributed by atoms with Gasteiger partial charge in [-0.25, -0.2) is 0 Å². The molecule has 4 nitrogen and oxygen atoms in total. The van der Waals surface area contributed by atoms with Gasteiger partial charge in [-0.15, -0.1) is 0 Å². The van der Waals surface area contributed by atoms with E-state index < -0.39 is 0 Å². The van der Waals surface area contributed by atoms with Crippen molar-refractivity contribution < 1.29 is 9.53 Å². The fourth-order valence-electron chi connectivity index (χ4n) is 3.10. The van der Waals surface area contributed by atoms with E-state index in [0.29, 0.717) is 6.54 Å². The number of nitrogens with one attached hydrogen (secondary N) is 1. The number of carbonyl (C=O) groups excluding carboxylic acids is 1. The third kappa shape index (κ3) is 3.63. The highest BCUT2D eigenvalue weighted by atomic mass is 16.5. The summed E-state index contributed by atoms with van der Waals surface area (Å²) in [4.78, 5) is 14.9. The monoisotopic (exact) mass is 338 g/mol. The van der Waals surface area contributed by atoms with Gasteiger partial charge in [0.2, 0.25) is 0 Å². The van der Waals surface area contributed by atoms with E-state index in [2.05, 4.69) is 26.1 Å². The number of anilines is 1. The topological polar surface area (TPSA) is 41.6 Å². The third-order valence-electron chi connectivity index (χ3n) is 4.57. The number of fused-ring (bicyclic) bond motifs is 1. The first-order valence-corrected chi connectivity index (χ1v) is 9.07. The minimum atomic E-state index is -0.178. The zero-order valence-electron chi connectivity index (χ0n) is 15.2. The number of hydrogen-bond donors (Lipinski definition) is 1. The summed E-state index contributed by atoms with van der Waals surface area (Å²) in [5, 5.41) is 3.52. The Morgan fingerprint density at radius 2 is 1.96 bits per heavy atom. The van der Waals surface area contributed by atoms with E-state index in [4.69, 9.17) is 4.74 Å². The molecule has 1 N–H and O–H groups in total. The molecular formula is C21H26N2O2. The Hall–Kier alpha value is -2.49. The predicted molar refractivity (Wildman–Crippen MR) is 101 cm³/mol. The molecule has 0 aliphatic carbocycles. The predicted octanol–water partition coefficient (Wildman–Crippen LogP) is 4.84. The Kier molecular flexibility index (Phi) is 5.27. The molecule has 2 atom stereocenters. The number of carbonyl (C=O) groups is 1. The Balaban J connectivity index is 1.94. The summed E-state index contributed by atoms with van der Waals surface area (Å²) in [5.41, 5.74) is 2.66. The molecule has 0 saturated heterocycles. The van der Waals surface area contributed by atoms with Gasteiger partial charge < -0.3 is 15.0 Å². The van der Waals surface area contributed by atoms with Gasteiger partial charge in [-0.1, -0.05) is 38.1 Å². The van der Waals surface area contributed by atoms with Gasteiger partial charge in [0.15, 0.2) is 0 Å². The van der Waals surface area contributed by atoms with Crippen LogP contribution in [0.5, 0.6) is 5.75 Å². The van der Waals surface area contributed by atoms with Crippen molar-refractivity contribution in [1.82, 2.24) is 4.90 Å². The molecule has 1 aliphatic rings. The van der Waals surface area contributed by atoms with Crippen LogP contribution in [0.2, 0.25) is 0 Å². The lowest BCUT2D eigenvalue weighted by Crippen LogP contribution is -2.43. The molecule has 2 aromatic carbocycles. The maximum Gasteiger partial charge on any atom is 0.257 e. The van der Waals surface area contributed by atoms with Gasteiger partial charge in [0.1, 0.15) is 11.9 Å². The van der Waals surface area contributed by atoms with Crippen molar-refractivity contribution in [3.05, 3.63) is 59.7 Å². The highest BCUT2D eigenvalue weighted by molar-refractivity contribution is 6.01. The van der Waals surface area contributed by atoms with Gasteiger partial charge in [0.25, 0.3) is 5.91 Å². The van der Waals surface area contributed by atoms with Gasteiger partial charge in [-0.2, -0.15) is 0 Å². The Morgan fingerprint density at radius 1 is 1.16 bits per heavy atom. The van der Waals surface area contributed by atoms with Crippen LogP contribution in [-0.2, 0) is 0 Å². The maximum absolute atomic E-state index is 13.0. The molecule has 1 heterocycles. The minimum Gasteiger partial charge on any atom is -0.491 e. The van der Waals surface area contributed by atoms with Crippen molar-refractivity contribution in [3.8, 4) is 5.75 Å². The highest BCUT2D eigenvalue weighted by Crippen LogP contribution is 2.34. The average molecular weight is 338 g/mol. The lowest BCUT2D eigenvalue weighted by molar-refractivity contribution is 0.0683. The molecule has 1 amide bonds. The van der Waals surface area contributed by atoms with Crippen molar-refractivity contribution in [1.29, 1.82) is 0 Å². The second kappa shape index (κ2) is 7.60. The quantitative estimate of drug-likeness (QED) is 0.819. The zero-order valence-corrected chi connectivity index (χ0v) is 15.2. The van der Waals surface area contributed by atoms with E-state index in [9.17, 15) is 4.79 Å². The average Bonchev–Trinajstić information content (AvgIpc) is 2.64. The number of ether oxygens (including phenoxy) is 1. The fourth-order valence-corrected chi connectivity index (χ4v) is 3.10. The van der Waals surface area contributed by atoms with Gasteiger partial charge in [-0.05, 0) is 49.6 Å². The molecule has 4 heteroatoms. The Morgan fingerprint density at radius 3 is 2.72 bits per heavy atom. The first-order chi connectivity index (χ1) is 12.1. The van der Waals surface area contributed by atoms with Crippen LogP contribution in [0.25, 0.3) is 0 Å². The normalized spacial score (nSPS) is 17.6. The second-order valence-electron chi connectivity index (χ2n) is 6.50. The first-order valence-electron chi connectivity index (χ1n) is 9.07. The molecule has 1 aliphatic heterocycles. The van der Waals surface area contributed by atoms with Gasteiger partial charge >= 0.3 is 0 Å². The summed E-state index contributed by atoms with van der Waals surface area (Å²) >= 11 is 0. The van der Waals surface area contributed by atoms with E-state index in [-0.39, 0.29) is 18.2 Å². The van der Waals surface area contributed by atoms with Crippen LogP contribution in [0, 0.1) is 0 Å². The lowest BCUT2D eigenvalue weighted by Gasteiger charge is -2.38. The lowest BCUT2D eigenvalue weighted by atomic mass is 10.0. The van der Waals surface area contributed by atoms with E-state index in [1.54, 1.807) is 0 Å². The fraction of sp³-hybridized carbons (Fsp3) is 0.381. The minimum absolute atomic E-state index is 0.0782. The van der Waals surface area contributed by atoms with Crippen molar-refractivity contribution in [2.24, 2.45) is 0 Å². The molecule has 0 fully saturated rings. The zero-order chi connectivity index (χ0) is 17.8. The van der Waals surface area contributed by atoms with Crippen LogP contribution >= 0.6 is 0 Å². The number of nitrogens with zero attached hydrogens (tertiary/aromatic N) is 1. The highest BCUT2D eigenvalue weighted by Gasteiger charge is 2.32. The van der Waals surface area contributed by atoms with E-state index >= 15 is 0 Å². The molecule has 0 radical (unpaired) electrons. The van der Waals surface area contributed by atoms with Crippen LogP contribution < -0.4 is 10.1 Å². The summed E-state index contributed by atoms with van der Waals surface area (Å²) in [6.07, 6.45) is 1.86. The van der Waals surface area contributed by atoms with E-state index in [0.717, 1.165) is 35.4 Å². The smallest absolute Gasteiger partial charge is 0.257 e. The number of hydrogen-bond acceptors (Lipinski definition) is 3. The van der Waals surface area contributed by atoms with Gasteiger partial charge in [0.05, 0.1) is 11.7 Å². The van der Waals surface area contributed by atoms with Gasteiger partial charge in [0, 0.05) is 12.2 Å². The summed E-state index contributed by atoms with van der Waals surface area (Å²) in [6, 6.07) is 15.7. The van der Waals surface area contributed by atoms with Crippen molar-refractivity contribution >= 4 is 11.6 Å². The SMILES string of the molecule is CCCN1C(=O)c2ccccc2NC1c1cccc(OC(C)CC)c1. The molecule has 0 spiro atoms.